The molecule has 0 saturated carbocycles. The normalized spacial score (nSPS) is 10.8. The van der Waals surface area contributed by atoms with Crippen molar-refractivity contribution < 1.29 is 8.42 Å². The minimum absolute atomic E-state index is 0.103. The van der Waals surface area contributed by atoms with Crippen molar-refractivity contribution in [2.24, 2.45) is 0 Å². The summed E-state index contributed by atoms with van der Waals surface area (Å²) in [7, 11) is -3.54. The quantitative estimate of drug-likeness (QED) is 0.627. The van der Waals surface area contributed by atoms with Crippen LogP contribution in [0.2, 0.25) is 0 Å². The van der Waals surface area contributed by atoms with Crippen molar-refractivity contribution in [3.05, 3.63) is 23.3 Å². The lowest BCUT2D eigenvalue weighted by atomic mass is 10.1. The van der Waals surface area contributed by atoms with E-state index in [2.05, 4.69) is 16.6 Å². The zero-order valence-corrected chi connectivity index (χ0v) is 11.0. The van der Waals surface area contributed by atoms with Crippen LogP contribution in [0.1, 0.15) is 18.1 Å². The summed E-state index contributed by atoms with van der Waals surface area (Å²) in [5, 5.41) is 0. The molecule has 1 rings (SSSR count). The molecule has 0 atom stereocenters. The summed E-state index contributed by atoms with van der Waals surface area (Å²) >= 11 is 0. The summed E-state index contributed by atoms with van der Waals surface area (Å²) in [6.07, 6.45) is 0. The van der Waals surface area contributed by atoms with Crippen molar-refractivity contribution >= 4 is 15.7 Å². The predicted molar refractivity (Wildman–Crippen MR) is 69.0 cm³/mol. The highest BCUT2D eigenvalue weighted by molar-refractivity contribution is 7.89. The molecule has 0 spiro atoms. The zero-order chi connectivity index (χ0) is 13.1. The van der Waals surface area contributed by atoms with E-state index in [1.165, 1.54) is 0 Å². The van der Waals surface area contributed by atoms with Crippen LogP contribution in [0.3, 0.4) is 0 Å². The highest BCUT2D eigenvalue weighted by atomic mass is 32.2. The average molecular weight is 252 g/mol. The summed E-state index contributed by atoms with van der Waals surface area (Å²) in [6, 6.07) is 3.35. The van der Waals surface area contributed by atoms with Gasteiger partial charge in [0.2, 0.25) is 10.0 Å². The second kappa shape index (κ2) is 5.21. The monoisotopic (exact) mass is 252 g/mol. The van der Waals surface area contributed by atoms with Gasteiger partial charge in [0.1, 0.15) is 0 Å². The van der Waals surface area contributed by atoms with Crippen molar-refractivity contribution in [2.45, 2.75) is 25.7 Å². The topological polar surface area (TPSA) is 72.2 Å². The molecule has 0 amide bonds. The fourth-order valence-corrected chi connectivity index (χ4v) is 2.71. The fourth-order valence-electron chi connectivity index (χ4n) is 1.43. The molecule has 0 radical (unpaired) electrons. The number of nitrogen functional groups attached to an aromatic ring is 1. The van der Waals surface area contributed by atoms with Gasteiger partial charge in [0, 0.05) is 5.69 Å². The number of rotatable bonds is 3. The first-order valence-corrected chi connectivity index (χ1v) is 6.63. The molecular weight excluding hydrogens is 236 g/mol. The van der Waals surface area contributed by atoms with E-state index in [0.29, 0.717) is 11.3 Å². The van der Waals surface area contributed by atoms with Crippen LogP contribution in [0, 0.1) is 25.7 Å². The number of aryl methyl sites for hydroxylation is 1. The molecule has 0 aliphatic carbocycles. The molecule has 3 N–H and O–H groups in total. The van der Waals surface area contributed by atoms with Crippen LogP contribution >= 0.6 is 0 Å². The van der Waals surface area contributed by atoms with Crippen LogP contribution in [0.4, 0.5) is 5.69 Å². The summed E-state index contributed by atoms with van der Waals surface area (Å²) in [5.41, 5.74) is 7.61. The molecule has 0 saturated heterocycles. The third-order valence-electron chi connectivity index (χ3n) is 2.36. The number of anilines is 1. The first-order chi connectivity index (χ1) is 7.88. The number of hydrogen-bond donors (Lipinski definition) is 2. The molecule has 4 nitrogen and oxygen atoms in total. The molecule has 0 bridgehead atoms. The number of hydrogen-bond acceptors (Lipinski definition) is 3. The third kappa shape index (κ3) is 3.22. The molecule has 0 heterocycles. The first-order valence-electron chi connectivity index (χ1n) is 5.14. The molecule has 17 heavy (non-hydrogen) atoms. The average Bonchev–Trinajstić information content (AvgIpc) is 2.23. The highest BCUT2D eigenvalue weighted by Gasteiger charge is 2.17. The van der Waals surface area contributed by atoms with Crippen LogP contribution in [0.15, 0.2) is 17.0 Å². The van der Waals surface area contributed by atoms with Crippen LogP contribution < -0.4 is 10.5 Å². The van der Waals surface area contributed by atoms with Crippen molar-refractivity contribution in [2.75, 3.05) is 12.3 Å². The van der Waals surface area contributed by atoms with Gasteiger partial charge in [-0.1, -0.05) is 5.92 Å². The Bertz CT molecular complexity index is 581. The molecule has 1 aromatic rings. The van der Waals surface area contributed by atoms with Gasteiger partial charge in [0.25, 0.3) is 0 Å². The molecule has 0 aliphatic heterocycles. The number of benzene rings is 1. The van der Waals surface area contributed by atoms with Crippen molar-refractivity contribution in [3.63, 3.8) is 0 Å². The van der Waals surface area contributed by atoms with Gasteiger partial charge in [-0.2, -0.15) is 4.72 Å². The summed E-state index contributed by atoms with van der Waals surface area (Å²) < 4.78 is 26.4. The van der Waals surface area contributed by atoms with E-state index in [-0.39, 0.29) is 11.4 Å². The molecule has 0 aromatic heterocycles. The Kier molecular flexibility index (Phi) is 4.16. The lowest BCUT2D eigenvalue weighted by molar-refractivity contribution is 0.585. The second-order valence-electron chi connectivity index (χ2n) is 3.73. The van der Waals surface area contributed by atoms with Gasteiger partial charge in [-0.15, -0.1) is 5.92 Å². The van der Waals surface area contributed by atoms with Crippen molar-refractivity contribution in [1.82, 2.24) is 4.72 Å². The van der Waals surface area contributed by atoms with E-state index >= 15 is 0 Å². The molecule has 0 aliphatic rings. The van der Waals surface area contributed by atoms with Crippen LogP contribution in [0.25, 0.3) is 0 Å². The molecule has 0 unspecified atom stereocenters. The first kappa shape index (κ1) is 13.6. The lowest BCUT2D eigenvalue weighted by Crippen LogP contribution is -2.25. The largest absolute Gasteiger partial charge is 0.398 e. The fraction of sp³-hybridized carbons (Fsp3) is 0.333. The van der Waals surface area contributed by atoms with Crippen LogP contribution in [-0.2, 0) is 10.0 Å². The molecular formula is C12H16N2O2S. The van der Waals surface area contributed by atoms with Crippen LogP contribution in [-0.4, -0.2) is 15.0 Å². The van der Waals surface area contributed by atoms with Gasteiger partial charge < -0.3 is 5.73 Å². The smallest absolute Gasteiger partial charge is 0.241 e. The van der Waals surface area contributed by atoms with Crippen molar-refractivity contribution in [1.29, 1.82) is 0 Å². The maximum Gasteiger partial charge on any atom is 0.241 e. The Morgan fingerprint density at radius 2 is 2.00 bits per heavy atom. The standard InChI is InChI=1S/C12H16N2O2S/c1-4-5-6-14-17(15,16)12-8-9(2)7-11(13)10(12)3/h7-8,14H,6,13H2,1-3H3. The Labute approximate surface area is 102 Å². The van der Waals surface area contributed by atoms with Gasteiger partial charge in [0.05, 0.1) is 11.4 Å². The van der Waals surface area contributed by atoms with Gasteiger partial charge in [-0.25, -0.2) is 8.42 Å². The summed E-state index contributed by atoms with van der Waals surface area (Å²) in [4.78, 5) is 0.216. The SMILES string of the molecule is CC#CCNS(=O)(=O)c1cc(C)cc(N)c1C. The lowest BCUT2D eigenvalue weighted by Gasteiger charge is -2.10. The number of nitrogens with two attached hydrogens (primary N) is 1. The Morgan fingerprint density at radius 3 is 2.59 bits per heavy atom. The van der Waals surface area contributed by atoms with E-state index < -0.39 is 10.0 Å². The molecule has 5 heteroatoms. The highest BCUT2D eigenvalue weighted by Crippen LogP contribution is 2.22. The third-order valence-corrected chi connectivity index (χ3v) is 3.89. The molecule has 1 aromatic carbocycles. The van der Waals surface area contributed by atoms with Gasteiger partial charge in [0.15, 0.2) is 0 Å². The van der Waals surface area contributed by atoms with Crippen molar-refractivity contribution in [3.8, 4) is 11.8 Å². The summed E-state index contributed by atoms with van der Waals surface area (Å²) in [5.74, 6) is 5.28. The Morgan fingerprint density at radius 1 is 1.35 bits per heavy atom. The Hall–Kier alpha value is -1.51. The number of nitrogens with one attached hydrogen (secondary N) is 1. The predicted octanol–water partition coefficient (Wildman–Crippen LogP) is 1.19. The van der Waals surface area contributed by atoms with Gasteiger partial charge >= 0.3 is 0 Å². The zero-order valence-electron chi connectivity index (χ0n) is 10.2. The molecule has 92 valence electrons. The Balaban J connectivity index is 3.18. The maximum atomic E-state index is 12.0. The minimum Gasteiger partial charge on any atom is -0.398 e. The van der Waals surface area contributed by atoms with Gasteiger partial charge in [-0.05, 0) is 44.0 Å². The van der Waals surface area contributed by atoms with E-state index in [1.54, 1.807) is 32.9 Å². The maximum absolute atomic E-state index is 12.0. The second-order valence-corrected chi connectivity index (χ2v) is 5.46. The number of sulfonamides is 1. The summed E-state index contributed by atoms with van der Waals surface area (Å²) in [6.45, 7) is 5.26. The van der Waals surface area contributed by atoms with Crippen LogP contribution in [0.5, 0.6) is 0 Å². The van der Waals surface area contributed by atoms with E-state index in [1.807, 2.05) is 0 Å². The van der Waals surface area contributed by atoms with Gasteiger partial charge in [-0.3, -0.25) is 0 Å². The molecule has 0 fully saturated rings. The van der Waals surface area contributed by atoms with E-state index in [0.717, 1.165) is 5.56 Å². The minimum atomic E-state index is -3.54. The van der Waals surface area contributed by atoms with E-state index in [9.17, 15) is 8.42 Å². The van der Waals surface area contributed by atoms with E-state index in [4.69, 9.17) is 5.73 Å².